The van der Waals surface area contributed by atoms with Gasteiger partial charge in [-0.05, 0) is 48.6 Å². The van der Waals surface area contributed by atoms with Crippen molar-refractivity contribution in [1.29, 1.82) is 0 Å². The average molecular weight is 403 g/mol. The number of primary sulfonamides is 1. The number of aromatic hydroxyl groups is 1. The normalized spacial score (nSPS) is 11.7. The number of para-hydroxylation sites is 1. The van der Waals surface area contributed by atoms with Crippen molar-refractivity contribution in [1.82, 2.24) is 0 Å². The quantitative estimate of drug-likeness (QED) is 0.346. The molecule has 10 heteroatoms. The predicted molar refractivity (Wildman–Crippen MR) is 106 cm³/mol. The summed E-state index contributed by atoms with van der Waals surface area (Å²) in [4.78, 5) is 15.9. The van der Waals surface area contributed by atoms with Crippen LogP contribution in [0.2, 0.25) is 0 Å². The van der Waals surface area contributed by atoms with E-state index in [0.29, 0.717) is 11.1 Å². The zero-order valence-electron chi connectivity index (χ0n) is 13.6. The first-order chi connectivity index (χ1) is 12.8. The Morgan fingerprint density at radius 1 is 1.19 bits per heavy atom. The monoisotopic (exact) mass is 403 g/mol. The van der Waals surface area contributed by atoms with E-state index in [1.165, 1.54) is 24.3 Å². The summed E-state index contributed by atoms with van der Waals surface area (Å²) in [6, 6.07) is 12.1. The first kappa shape index (κ1) is 18.7. The maximum atomic E-state index is 12.0. The molecule has 0 radical (unpaired) electrons. The van der Waals surface area contributed by atoms with Gasteiger partial charge in [0.25, 0.3) is 0 Å². The fourth-order valence-electron chi connectivity index (χ4n) is 2.27. The zero-order valence-corrected chi connectivity index (χ0v) is 15.3. The van der Waals surface area contributed by atoms with E-state index in [1.54, 1.807) is 24.3 Å². The number of anilines is 1. The van der Waals surface area contributed by atoms with Gasteiger partial charge in [0.15, 0.2) is 5.11 Å². The molecule has 3 rings (SSSR count). The molecule has 0 bridgehead atoms. The molecule has 8 nitrogen and oxygen atoms in total. The number of hydrogen-bond donors (Lipinski definition) is 3. The van der Waals surface area contributed by atoms with Crippen LogP contribution in [0.1, 0.15) is 5.56 Å². The second-order valence-corrected chi connectivity index (χ2v) is 7.35. The molecule has 0 fully saturated rings. The van der Waals surface area contributed by atoms with Crippen molar-refractivity contribution in [3.63, 3.8) is 0 Å². The van der Waals surface area contributed by atoms with Gasteiger partial charge in [-0.3, -0.25) is 0 Å². The third kappa shape index (κ3) is 4.19. The Bertz CT molecular complexity index is 1220. The smallest absolute Gasteiger partial charge is 0.348 e. The van der Waals surface area contributed by atoms with E-state index in [0.717, 1.165) is 6.21 Å². The molecule has 138 valence electrons. The molecule has 0 saturated heterocycles. The van der Waals surface area contributed by atoms with Crippen molar-refractivity contribution >= 4 is 50.2 Å². The minimum Gasteiger partial charge on any atom is -0.506 e. The van der Waals surface area contributed by atoms with Crippen LogP contribution >= 0.6 is 12.2 Å². The Morgan fingerprint density at radius 2 is 1.85 bits per heavy atom. The van der Waals surface area contributed by atoms with Gasteiger partial charge >= 0.3 is 5.63 Å². The van der Waals surface area contributed by atoms with E-state index in [2.05, 4.69) is 10.3 Å². The van der Waals surface area contributed by atoms with Crippen molar-refractivity contribution in [2.75, 3.05) is 5.32 Å². The summed E-state index contributed by atoms with van der Waals surface area (Å²) in [5.74, 6) is -0.258. The number of hydrogen-bond acceptors (Lipinski definition) is 6. The first-order valence-corrected chi connectivity index (χ1v) is 9.44. The Labute approximate surface area is 159 Å². The van der Waals surface area contributed by atoms with Crippen LogP contribution in [0.15, 0.2) is 67.6 Å². The molecule has 0 aliphatic carbocycles. The van der Waals surface area contributed by atoms with Crippen molar-refractivity contribution in [2.45, 2.75) is 4.90 Å². The van der Waals surface area contributed by atoms with Crippen LogP contribution in [0.4, 0.5) is 5.69 Å². The van der Waals surface area contributed by atoms with Gasteiger partial charge in [0, 0.05) is 11.9 Å². The molecule has 0 unspecified atom stereocenters. The molecular formula is C17H13N3O5S2. The second-order valence-electron chi connectivity index (χ2n) is 5.41. The summed E-state index contributed by atoms with van der Waals surface area (Å²) in [6.45, 7) is 0. The molecule has 0 aliphatic rings. The molecule has 4 N–H and O–H groups in total. The summed E-state index contributed by atoms with van der Waals surface area (Å²) in [5, 5.41) is 18.4. The fourth-order valence-corrected chi connectivity index (χ4v) is 2.95. The van der Waals surface area contributed by atoms with E-state index in [4.69, 9.17) is 21.8 Å². The Hall–Kier alpha value is -3.08. The van der Waals surface area contributed by atoms with E-state index < -0.39 is 15.6 Å². The molecule has 0 aliphatic heterocycles. The number of benzene rings is 2. The molecule has 2 aromatic carbocycles. The van der Waals surface area contributed by atoms with Crippen molar-refractivity contribution in [2.24, 2.45) is 10.1 Å². The van der Waals surface area contributed by atoms with Crippen molar-refractivity contribution in [3.05, 3.63) is 64.5 Å². The number of sulfonamides is 1. The van der Waals surface area contributed by atoms with E-state index in [9.17, 15) is 18.3 Å². The lowest BCUT2D eigenvalue weighted by Gasteiger charge is -2.05. The SMILES string of the molecule is NS(=O)(=O)c1ccc(NC(=S)/N=C/c2c(O)c3ccccc3oc2=O)cc1. The Balaban J connectivity index is 1.81. The molecule has 0 amide bonds. The lowest BCUT2D eigenvalue weighted by atomic mass is 10.1. The number of nitrogens with one attached hydrogen (secondary N) is 1. The maximum absolute atomic E-state index is 12.0. The van der Waals surface area contributed by atoms with Gasteiger partial charge in [0.2, 0.25) is 10.0 Å². The van der Waals surface area contributed by atoms with Gasteiger partial charge in [0.1, 0.15) is 16.9 Å². The third-order valence-corrected chi connectivity index (χ3v) is 4.70. The number of rotatable bonds is 3. The molecule has 0 spiro atoms. The highest BCUT2D eigenvalue weighted by molar-refractivity contribution is 7.89. The van der Waals surface area contributed by atoms with Gasteiger partial charge in [-0.1, -0.05) is 12.1 Å². The van der Waals surface area contributed by atoms with Gasteiger partial charge in [0.05, 0.1) is 10.3 Å². The van der Waals surface area contributed by atoms with Crippen LogP contribution in [-0.2, 0) is 10.0 Å². The van der Waals surface area contributed by atoms with Crippen molar-refractivity contribution < 1.29 is 17.9 Å². The van der Waals surface area contributed by atoms with E-state index >= 15 is 0 Å². The summed E-state index contributed by atoms with van der Waals surface area (Å²) < 4.78 is 27.6. The molecule has 1 aromatic heterocycles. The second kappa shape index (κ2) is 7.27. The predicted octanol–water partition coefficient (Wildman–Crippen LogP) is 1.96. The molecule has 27 heavy (non-hydrogen) atoms. The summed E-state index contributed by atoms with van der Waals surface area (Å²) in [6.07, 6.45) is 1.10. The molecule has 0 atom stereocenters. The lowest BCUT2D eigenvalue weighted by molar-refractivity contribution is 0.466. The fraction of sp³-hybridized carbons (Fsp3) is 0. The van der Waals surface area contributed by atoms with Crippen LogP contribution in [0, 0.1) is 0 Å². The van der Waals surface area contributed by atoms with Gasteiger partial charge in [-0.15, -0.1) is 0 Å². The summed E-state index contributed by atoms with van der Waals surface area (Å²) in [5.41, 5.74) is -0.162. The van der Waals surface area contributed by atoms with Crippen LogP contribution in [0.25, 0.3) is 11.0 Å². The molecule has 0 saturated carbocycles. The maximum Gasteiger partial charge on any atom is 0.348 e. The number of nitrogens with zero attached hydrogens (tertiary/aromatic N) is 1. The highest BCUT2D eigenvalue weighted by Crippen LogP contribution is 2.24. The lowest BCUT2D eigenvalue weighted by Crippen LogP contribution is -2.13. The van der Waals surface area contributed by atoms with Crippen LogP contribution in [0.3, 0.4) is 0 Å². The molecule has 1 heterocycles. The minimum atomic E-state index is -3.78. The minimum absolute atomic E-state index is 0.00897. The first-order valence-electron chi connectivity index (χ1n) is 7.48. The van der Waals surface area contributed by atoms with E-state index in [1.807, 2.05) is 0 Å². The van der Waals surface area contributed by atoms with Crippen molar-refractivity contribution in [3.8, 4) is 5.75 Å². The zero-order chi connectivity index (χ0) is 19.6. The van der Waals surface area contributed by atoms with Gasteiger partial charge < -0.3 is 14.8 Å². The third-order valence-electron chi connectivity index (χ3n) is 3.56. The van der Waals surface area contributed by atoms with Crippen LogP contribution in [0.5, 0.6) is 5.75 Å². The Kier molecular flexibility index (Phi) is 5.04. The summed E-state index contributed by atoms with van der Waals surface area (Å²) >= 11 is 5.06. The average Bonchev–Trinajstić information content (AvgIpc) is 2.61. The molecule has 3 aromatic rings. The largest absolute Gasteiger partial charge is 0.506 e. The number of fused-ring (bicyclic) bond motifs is 1. The Morgan fingerprint density at radius 3 is 2.52 bits per heavy atom. The number of nitrogens with two attached hydrogens (primary N) is 1. The van der Waals surface area contributed by atoms with Crippen LogP contribution in [-0.4, -0.2) is 24.9 Å². The summed E-state index contributed by atoms with van der Waals surface area (Å²) in [7, 11) is -3.78. The number of thiocarbonyl (C=S) groups is 1. The van der Waals surface area contributed by atoms with Gasteiger partial charge in [-0.25, -0.2) is 23.3 Å². The van der Waals surface area contributed by atoms with E-state index in [-0.39, 0.29) is 26.9 Å². The van der Waals surface area contributed by atoms with Crippen LogP contribution < -0.4 is 16.1 Å². The number of aliphatic imine (C=N–C) groups is 1. The standard InChI is InChI=1S/C17H13N3O5S2/c18-27(23,24)11-7-5-10(6-8-11)20-17(26)19-9-13-15(21)12-3-1-2-4-14(12)25-16(13)22/h1-9,21H,(H,20,26)(H2,18,23,24)/b19-9+. The molecular weight excluding hydrogens is 390 g/mol. The van der Waals surface area contributed by atoms with Gasteiger partial charge in [-0.2, -0.15) is 0 Å². The highest BCUT2D eigenvalue weighted by atomic mass is 32.2. The topological polar surface area (TPSA) is 135 Å². The highest BCUT2D eigenvalue weighted by Gasteiger charge is 2.12.